The van der Waals surface area contributed by atoms with E-state index < -0.39 is 0 Å². The number of allylic oxidation sites excluding steroid dienone is 2. The van der Waals surface area contributed by atoms with E-state index in [0.717, 1.165) is 45.8 Å². The smallest absolute Gasteiger partial charge is 0.227 e. The minimum Gasteiger partial charge on any atom is -0.378 e. The van der Waals surface area contributed by atoms with Gasteiger partial charge in [0.25, 0.3) is 0 Å². The molecule has 7 heteroatoms. The molecule has 0 radical (unpaired) electrons. The monoisotopic (exact) mass is 397 g/mol. The van der Waals surface area contributed by atoms with Crippen molar-refractivity contribution < 1.29 is 4.79 Å². The van der Waals surface area contributed by atoms with Crippen LogP contribution in [0.2, 0.25) is 0 Å². The Labute approximate surface area is 170 Å². The first-order valence-corrected chi connectivity index (χ1v) is 10.7. The summed E-state index contributed by atoms with van der Waals surface area (Å²) in [6.07, 6.45) is 1.39. The summed E-state index contributed by atoms with van der Waals surface area (Å²) < 4.78 is 1.89. The summed E-state index contributed by atoms with van der Waals surface area (Å²) in [4.78, 5) is 19.9. The highest BCUT2D eigenvalue weighted by molar-refractivity contribution is 7.99. The Morgan fingerprint density at radius 1 is 1.25 bits per heavy atom. The maximum Gasteiger partial charge on any atom is 0.227 e. The van der Waals surface area contributed by atoms with Gasteiger partial charge in [0, 0.05) is 37.5 Å². The molecule has 1 aromatic carbocycles. The number of hydrogen-bond acceptors (Lipinski definition) is 6. The zero-order valence-electron chi connectivity index (χ0n) is 17.1. The minimum absolute atomic E-state index is 0.0502. The van der Waals surface area contributed by atoms with Crippen LogP contribution in [0.4, 0.5) is 11.6 Å². The van der Waals surface area contributed by atoms with Crippen molar-refractivity contribution >= 4 is 29.2 Å². The number of ketones is 1. The number of nitrogens with zero attached hydrogens (tertiary/aromatic N) is 4. The molecule has 0 bridgehead atoms. The zero-order valence-corrected chi connectivity index (χ0v) is 17.9. The zero-order chi connectivity index (χ0) is 20.1. The molecule has 0 saturated carbocycles. The highest BCUT2D eigenvalue weighted by atomic mass is 32.2. The second-order valence-electron chi connectivity index (χ2n) is 8.44. The molecular formula is C21H27N5OS. The maximum absolute atomic E-state index is 13.2. The Kier molecular flexibility index (Phi) is 4.73. The van der Waals surface area contributed by atoms with Crippen molar-refractivity contribution in [1.82, 2.24) is 14.8 Å². The average molecular weight is 398 g/mol. The van der Waals surface area contributed by atoms with Crippen molar-refractivity contribution in [3.8, 4) is 0 Å². The van der Waals surface area contributed by atoms with Crippen LogP contribution in [0.5, 0.6) is 0 Å². The van der Waals surface area contributed by atoms with Gasteiger partial charge in [-0.15, -0.1) is 5.10 Å². The van der Waals surface area contributed by atoms with Crippen molar-refractivity contribution in [3.63, 3.8) is 0 Å². The third-order valence-corrected chi connectivity index (χ3v) is 6.03. The van der Waals surface area contributed by atoms with Crippen molar-refractivity contribution in [2.24, 2.45) is 5.41 Å². The first kappa shape index (κ1) is 19.1. The van der Waals surface area contributed by atoms with Crippen LogP contribution >= 0.6 is 11.8 Å². The fourth-order valence-corrected chi connectivity index (χ4v) is 4.60. The Morgan fingerprint density at radius 3 is 2.61 bits per heavy atom. The van der Waals surface area contributed by atoms with Crippen LogP contribution in [0.25, 0.3) is 0 Å². The lowest BCUT2D eigenvalue weighted by Crippen LogP contribution is -2.36. The van der Waals surface area contributed by atoms with E-state index in [4.69, 9.17) is 5.10 Å². The molecule has 2 aliphatic rings. The molecule has 148 valence electrons. The van der Waals surface area contributed by atoms with Crippen molar-refractivity contribution in [2.45, 2.75) is 44.8 Å². The molecule has 1 aliphatic carbocycles. The standard InChI is InChI=1S/C21H27N5OS/c1-6-28-20-23-19-22-15-11-21(2,3)12-16(27)17(15)18(26(19)24-20)13-7-9-14(10-8-13)25(4)5/h7-10,18H,6,11-12H2,1-5H3,(H,22,23,24)/t18-/m0/s1. The van der Waals surface area contributed by atoms with E-state index >= 15 is 0 Å². The number of thioether (sulfide) groups is 1. The van der Waals surface area contributed by atoms with Crippen molar-refractivity contribution in [3.05, 3.63) is 41.1 Å². The molecule has 2 aromatic rings. The van der Waals surface area contributed by atoms with E-state index in [2.05, 4.69) is 60.2 Å². The van der Waals surface area contributed by atoms with Gasteiger partial charge in [-0.3, -0.25) is 4.79 Å². The van der Waals surface area contributed by atoms with Gasteiger partial charge < -0.3 is 10.2 Å². The predicted molar refractivity (Wildman–Crippen MR) is 114 cm³/mol. The van der Waals surface area contributed by atoms with Gasteiger partial charge in [-0.05, 0) is 35.3 Å². The predicted octanol–water partition coefficient (Wildman–Crippen LogP) is 4.11. The fourth-order valence-electron chi connectivity index (χ4n) is 4.04. The van der Waals surface area contributed by atoms with E-state index in [1.165, 1.54) is 0 Å². The molecule has 0 saturated heterocycles. The number of benzene rings is 1. The lowest BCUT2D eigenvalue weighted by atomic mass is 9.73. The van der Waals surface area contributed by atoms with Gasteiger partial charge in [-0.1, -0.05) is 44.7 Å². The van der Waals surface area contributed by atoms with Crippen LogP contribution in [-0.2, 0) is 4.79 Å². The number of aromatic nitrogens is 3. The summed E-state index contributed by atoms with van der Waals surface area (Å²) in [5.74, 6) is 1.83. The molecule has 1 atom stereocenters. The molecule has 0 unspecified atom stereocenters. The summed E-state index contributed by atoms with van der Waals surface area (Å²) in [6.45, 7) is 6.38. The highest BCUT2D eigenvalue weighted by Crippen LogP contribution is 2.45. The Hall–Kier alpha value is -2.28. The molecule has 4 rings (SSSR count). The quantitative estimate of drug-likeness (QED) is 0.783. The van der Waals surface area contributed by atoms with Crippen LogP contribution in [0, 0.1) is 5.41 Å². The van der Waals surface area contributed by atoms with Gasteiger partial charge in [0.15, 0.2) is 5.78 Å². The van der Waals surface area contributed by atoms with E-state index in [1.54, 1.807) is 11.8 Å². The van der Waals surface area contributed by atoms with Crippen molar-refractivity contribution in [2.75, 3.05) is 30.1 Å². The van der Waals surface area contributed by atoms with Crippen LogP contribution < -0.4 is 10.2 Å². The Balaban J connectivity index is 1.84. The van der Waals surface area contributed by atoms with Gasteiger partial charge >= 0.3 is 0 Å². The second-order valence-corrected chi connectivity index (χ2v) is 9.67. The fraction of sp³-hybridized carbons (Fsp3) is 0.476. The molecule has 1 N–H and O–H groups in total. The summed E-state index contributed by atoms with van der Waals surface area (Å²) in [6, 6.07) is 8.15. The summed E-state index contributed by atoms with van der Waals surface area (Å²) in [7, 11) is 4.05. The third kappa shape index (κ3) is 3.32. The lowest BCUT2D eigenvalue weighted by Gasteiger charge is -2.38. The summed E-state index contributed by atoms with van der Waals surface area (Å²) in [5.41, 5.74) is 3.97. The number of Topliss-reactive ketones (excluding diaryl/α,β-unsaturated/α-hetero) is 1. The first-order chi connectivity index (χ1) is 13.3. The van der Waals surface area contributed by atoms with Crippen LogP contribution in [0.1, 0.15) is 45.2 Å². The van der Waals surface area contributed by atoms with E-state index in [-0.39, 0.29) is 17.2 Å². The molecular weight excluding hydrogens is 370 g/mol. The third-order valence-electron chi connectivity index (χ3n) is 5.31. The number of nitrogens with one attached hydrogen (secondary N) is 1. The molecule has 28 heavy (non-hydrogen) atoms. The topological polar surface area (TPSA) is 63.1 Å². The molecule has 0 spiro atoms. The SMILES string of the molecule is CCSc1nc2n(n1)[C@@H](c1ccc(N(C)C)cc1)C1=C(CC(C)(C)CC1=O)N2. The highest BCUT2D eigenvalue weighted by Gasteiger charge is 2.41. The Bertz CT molecular complexity index is 942. The number of carbonyl (C=O) groups excluding carboxylic acids is 1. The number of hydrogen-bond donors (Lipinski definition) is 1. The first-order valence-electron chi connectivity index (χ1n) is 9.69. The van der Waals surface area contributed by atoms with Gasteiger partial charge in [-0.2, -0.15) is 4.98 Å². The number of anilines is 2. The summed E-state index contributed by atoms with van der Waals surface area (Å²) in [5, 5.41) is 8.89. The van der Waals surface area contributed by atoms with Crippen LogP contribution in [-0.4, -0.2) is 40.4 Å². The number of carbonyl (C=O) groups is 1. The van der Waals surface area contributed by atoms with Crippen LogP contribution in [0.3, 0.4) is 0 Å². The van der Waals surface area contributed by atoms with E-state index in [9.17, 15) is 4.79 Å². The average Bonchev–Trinajstić information content (AvgIpc) is 3.01. The molecule has 1 aromatic heterocycles. The lowest BCUT2D eigenvalue weighted by molar-refractivity contribution is -0.118. The molecule has 2 heterocycles. The van der Waals surface area contributed by atoms with Gasteiger partial charge in [0.2, 0.25) is 11.1 Å². The molecule has 0 fully saturated rings. The molecule has 1 aliphatic heterocycles. The number of rotatable bonds is 4. The summed E-state index contributed by atoms with van der Waals surface area (Å²) >= 11 is 1.61. The molecule has 0 amide bonds. The van der Waals surface area contributed by atoms with Gasteiger partial charge in [-0.25, -0.2) is 4.68 Å². The van der Waals surface area contributed by atoms with E-state index in [0.29, 0.717) is 6.42 Å². The molecule has 6 nitrogen and oxygen atoms in total. The maximum atomic E-state index is 13.2. The minimum atomic E-state index is -0.232. The number of fused-ring (bicyclic) bond motifs is 1. The van der Waals surface area contributed by atoms with E-state index in [1.807, 2.05) is 18.8 Å². The largest absolute Gasteiger partial charge is 0.378 e. The van der Waals surface area contributed by atoms with Gasteiger partial charge in [0.1, 0.15) is 6.04 Å². The van der Waals surface area contributed by atoms with Crippen LogP contribution in [0.15, 0.2) is 40.7 Å². The van der Waals surface area contributed by atoms with Crippen molar-refractivity contribution in [1.29, 1.82) is 0 Å². The second kappa shape index (κ2) is 6.95. The normalized spacial score (nSPS) is 20.5. The van der Waals surface area contributed by atoms with Gasteiger partial charge in [0.05, 0.1) is 0 Å². The Morgan fingerprint density at radius 2 is 1.96 bits per heavy atom.